The lowest BCUT2D eigenvalue weighted by Crippen LogP contribution is -2.45. The molecule has 1 aromatic carbocycles. The number of urea groups is 1. The van der Waals surface area contributed by atoms with E-state index in [1.165, 1.54) is 0 Å². The van der Waals surface area contributed by atoms with E-state index in [1.807, 2.05) is 24.0 Å². The lowest BCUT2D eigenvalue weighted by Gasteiger charge is -2.32. The zero-order chi connectivity index (χ0) is 16.5. The molecule has 4 rings (SSSR count). The first kappa shape index (κ1) is 15.5. The SMILES string of the molecule is Cc1cc2c(cc1NC(=O)N1CCC(N3CCOCC3)C1)OCO2. The van der Waals surface area contributed by atoms with Crippen molar-refractivity contribution in [2.24, 2.45) is 0 Å². The molecular weight excluding hydrogens is 310 g/mol. The second-order valence-corrected chi connectivity index (χ2v) is 6.49. The van der Waals surface area contributed by atoms with Gasteiger partial charge in [0.25, 0.3) is 0 Å². The molecule has 0 aliphatic carbocycles. The number of nitrogens with zero attached hydrogens (tertiary/aromatic N) is 2. The van der Waals surface area contributed by atoms with Crippen molar-refractivity contribution in [3.8, 4) is 11.5 Å². The Morgan fingerprint density at radius 1 is 1.17 bits per heavy atom. The molecule has 7 heteroatoms. The first-order valence-electron chi connectivity index (χ1n) is 8.48. The Morgan fingerprint density at radius 3 is 2.71 bits per heavy atom. The van der Waals surface area contributed by atoms with E-state index in [-0.39, 0.29) is 12.8 Å². The summed E-state index contributed by atoms with van der Waals surface area (Å²) in [6, 6.07) is 4.13. The second kappa shape index (κ2) is 6.49. The molecule has 3 aliphatic rings. The fourth-order valence-corrected chi connectivity index (χ4v) is 3.54. The lowest BCUT2D eigenvalue weighted by atomic mass is 10.2. The number of anilines is 1. The van der Waals surface area contributed by atoms with E-state index in [0.717, 1.165) is 62.8 Å². The monoisotopic (exact) mass is 333 g/mol. The molecule has 24 heavy (non-hydrogen) atoms. The van der Waals surface area contributed by atoms with Crippen molar-refractivity contribution in [1.82, 2.24) is 9.80 Å². The van der Waals surface area contributed by atoms with Gasteiger partial charge >= 0.3 is 6.03 Å². The highest BCUT2D eigenvalue weighted by Crippen LogP contribution is 2.36. The molecule has 2 saturated heterocycles. The number of benzene rings is 1. The van der Waals surface area contributed by atoms with Gasteiger partial charge in [-0.05, 0) is 25.0 Å². The number of fused-ring (bicyclic) bond motifs is 1. The number of carbonyl (C=O) groups excluding carboxylic acids is 1. The van der Waals surface area contributed by atoms with Crippen LogP contribution < -0.4 is 14.8 Å². The molecule has 0 radical (unpaired) electrons. The molecule has 3 heterocycles. The second-order valence-electron chi connectivity index (χ2n) is 6.49. The van der Waals surface area contributed by atoms with Crippen molar-refractivity contribution in [3.05, 3.63) is 17.7 Å². The molecule has 0 saturated carbocycles. The molecule has 1 N–H and O–H groups in total. The Balaban J connectivity index is 1.38. The van der Waals surface area contributed by atoms with E-state index < -0.39 is 0 Å². The van der Waals surface area contributed by atoms with Gasteiger partial charge in [0.15, 0.2) is 11.5 Å². The van der Waals surface area contributed by atoms with Crippen LogP contribution in [0.3, 0.4) is 0 Å². The van der Waals surface area contributed by atoms with Crippen LogP contribution in [0, 0.1) is 6.92 Å². The number of morpholine rings is 1. The first-order chi connectivity index (χ1) is 11.7. The van der Waals surface area contributed by atoms with Crippen molar-refractivity contribution in [1.29, 1.82) is 0 Å². The van der Waals surface area contributed by atoms with Gasteiger partial charge in [0, 0.05) is 44.0 Å². The summed E-state index contributed by atoms with van der Waals surface area (Å²) in [6.07, 6.45) is 1.02. The number of hydrogen-bond acceptors (Lipinski definition) is 5. The quantitative estimate of drug-likeness (QED) is 0.892. The summed E-state index contributed by atoms with van der Waals surface area (Å²) in [5, 5.41) is 3.01. The third kappa shape index (κ3) is 3.01. The van der Waals surface area contributed by atoms with Gasteiger partial charge in [-0.15, -0.1) is 0 Å². The Kier molecular flexibility index (Phi) is 4.20. The van der Waals surface area contributed by atoms with Crippen LogP contribution in [0.2, 0.25) is 0 Å². The number of nitrogens with one attached hydrogen (secondary N) is 1. The Morgan fingerprint density at radius 2 is 1.92 bits per heavy atom. The molecule has 0 bridgehead atoms. The van der Waals surface area contributed by atoms with Gasteiger partial charge in [-0.1, -0.05) is 0 Å². The maximum Gasteiger partial charge on any atom is 0.321 e. The fraction of sp³-hybridized carbons (Fsp3) is 0.588. The highest BCUT2D eigenvalue weighted by molar-refractivity contribution is 5.91. The fourth-order valence-electron chi connectivity index (χ4n) is 3.54. The highest BCUT2D eigenvalue weighted by atomic mass is 16.7. The van der Waals surface area contributed by atoms with Gasteiger partial charge in [-0.25, -0.2) is 4.79 Å². The van der Waals surface area contributed by atoms with Crippen molar-refractivity contribution >= 4 is 11.7 Å². The summed E-state index contributed by atoms with van der Waals surface area (Å²) >= 11 is 0. The largest absolute Gasteiger partial charge is 0.454 e. The molecule has 2 fully saturated rings. The molecule has 1 aromatic rings. The van der Waals surface area contributed by atoms with Crippen molar-refractivity contribution < 1.29 is 19.0 Å². The normalized spacial score (nSPS) is 23.5. The summed E-state index contributed by atoms with van der Waals surface area (Å²) in [5.74, 6) is 1.42. The standard InChI is InChI=1S/C17H23N3O4/c1-12-8-15-16(24-11-23-15)9-14(12)18-17(21)20-3-2-13(10-20)19-4-6-22-7-5-19/h8-9,13H,2-7,10-11H2,1H3,(H,18,21). The molecule has 7 nitrogen and oxygen atoms in total. The predicted molar refractivity (Wildman–Crippen MR) is 88.7 cm³/mol. The average Bonchev–Trinajstić information content (AvgIpc) is 3.25. The van der Waals surface area contributed by atoms with Crippen molar-refractivity contribution in [2.75, 3.05) is 51.5 Å². The van der Waals surface area contributed by atoms with Crippen LogP contribution in [0.25, 0.3) is 0 Å². The van der Waals surface area contributed by atoms with Crippen LogP contribution in [-0.2, 0) is 4.74 Å². The molecule has 0 spiro atoms. The Labute approximate surface area is 141 Å². The number of ether oxygens (including phenoxy) is 3. The average molecular weight is 333 g/mol. The molecular formula is C17H23N3O4. The summed E-state index contributed by atoms with van der Waals surface area (Å²) < 4.78 is 16.2. The van der Waals surface area contributed by atoms with Crippen LogP contribution in [-0.4, -0.2) is 68.1 Å². The Bertz CT molecular complexity index is 631. The summed E-state index contributed by atoms with van der Waals surface area (Å²) in [5.41, 5.74) is 1.75. The number of hydrogen-bond donors (Lipinski definition) is 1. The van der Waals surface area contributed by atoms with E-state index in [9.17, 15) is 4.79 Å². The Hall–Kier alpha value is -1.99. The molecule has 3 aliphatic heterocycles. The van der Waals surface area contributed by atoms with Gasteiger partial charge in [0.2, 0.25) is 6.79 Å². The van der Waals surface area contributed by atoms with Gasteiger partial charge in [-0.3, -0.25) is 4.90 Å². The van der Waals surface area contributed by atoms with Gasteiger partial charge in [-0.2, -0.15) is 0 Å². The van der Waals surface area contributed by atoms with Gasteiger partial charge in [0.1, 0.15) is 0 Å². The number of amides is 2. The summed E-state index contributed by atoms with van der Waals surface area (Å²) in [4.78, 5) is 16.9. The highest BCUT2D eigenvalue weighted by Gasteiger charge is 2.31. The van der Waals surface area contributed by atoms with Crippen LogP contribution in [0.4, 0.5) is 10.5 Å². The van der Waals surface area contributed by atoms with Gasteiger partial charge in [0.05, 0.1) is 13.2 Å². The third-order valence-corrected chi connectivity index (χ3v) is 4.97. The predicted octanol–water partition coefficient (Wildman–Crippen LogP) is 1.66. The minimum atomic E-state index is -0.0484. The number of aryl methyl sites for hydroxylation is 1. The zero-order valence-corrected chi connectivity index (χ0v) is 13.9. The molecule has 1 atom stereocenters. The van der Waals surface area contributed by atoms with Gasteiger partial charge < -0.3 is 24.4 Å². The number of carbonyl (C=O) groups is 1. The van der Waals surface area contributed by atoms with Crippen LogP contribution >= 0.6 is 0 Å². The minimum absolute atomic E-state index is 0.0484. The maximum absolute atomic E-state index is 12.6. The number of likely N-dealkylation sites (tertiary alicyclic amines) is 1. The molecule has 0 aromatic heterocycles. The first-order valence-corrected chi connectivity index (χ1v) is 8.48. The van der Waals surface area contributed by atoms with E-state index in [0.29, 0.717) is 11.8 Å². The van der Waals surface area contributed by atoms with Crippen LogP contribution in [0.15, 0.2) is 12.1 Å². The third-order valence-electron chi connectivity index (χ3n) is 4.97. The molecule has 130 valence electrons. The number of rotatable bonds is 2. The minimum Gasteiger partial charge on any atom is -0.454 e. The van der Waals surface area contributed by atoms with E-state index in [1.54, 1.807) is 0 Å². The van der Waals surface area contributed by atoms with E-state index in [2.05, 4.69) is 10.2 Å². The summed E-state index contributed by atoms with van der Waals surface area (Å²) in [7, 11) is 0. The lowest BCUT2D eigenvalue weighted by molar-refractivity contribution is 0.0192. The zero-order valence-electron chi connectivity index (χ0n) is 13.9. The molecule has 2 amide bonds. The maximum atomic E-state index is 12.6. The van der Waals surface area contributed by atoms with Crippen LogP contribution in [0.1, 0.15) is 12.0 Å². The van der Waals surface area contributed by atoms with Crippen molar-refractivity contribution in [2.45, 2.75) is 19.4 Å². The van der Waals surface area contributed by atoms with Crippen molar-refractivity contribution in [3.63, 3.8) is 0 Å². The smallest absolute Gasteiger partial charge is 0.321 e. The van der Waals surface area contributed by atoms with E-state index in [4.69, 9.17) is 14.2 Å². The summed E-state index contributed by atoms with van der Waals surface area (Å²) in [6.45, 7) is 7.26. The topological polar surface area (TPSA) is 63.3 Å². The molecule has 1 unspecified atom stereocenters. The van der Waals surface area contributed by atoms with Crippen LogP contribution in [0.5, 0.6) is 11.5 Å². The van der Waals surface area contributed by atoms with E-state index >= 15 is 0 Å².